The third-order valence-corrected chi connectivity index (χ3v) is 6.58. The highest BCUT2D eigenvalue weighted by Gasteiger charge is 2.47. The van der Waals surface area contributed by atoms with Gasteiger partial charge in [-0.1, -0.05) is 57.9 Å². The number of alkyl halides is 3. The number of amides is 1. The molecule has 4 rings (SSSR count). The second-order valence-corrected chi connectivity index (χ2v) is 9.30. The van der Waals surface area contributed by atoms with Gasteiger partial charge in [0.1, 0.15) is 17.1 Å². The van der Waals surface area contributed by atoms with Crippen LogP contribution in [0.4, 0.5) is 30.8 Å². The Kier molecular flexibility index (Phi) is 6.74. The molecule has 0 aliphatic carbocycles. The van der Waals surface area contributed by atoms with E-state index in [1.807, 2.05) is 18.2 Å². The van der Waals surface area contributed by atoms with Crippen LogP contribution < -0.4 is 16.5 Å². The number of carbonyl (C=O) groups is 1. The summed E-state index contributed by atoms with van der Waals surface area (Å²) in [6, 6.07) is 13.8. The molecule has 1 aliphatic rings. The summed E-state index contributed by atoms with van der Waals surface area (Å²) in [7, 11) is 0. The highest BCUT2D eigenvalue weighted by Crippen LogP contribution is 2.44. The zero-order chi connectivity index (χ0) is 25.4. The molecule has 0 saturated carbocycles. The van der Waals surface area contributed by atoms with Gasteiger partial charge in [-0.3, -0.25) is 4.79 Å². The minimum absolute atomic E-state index is 0.0400. The molecule has 2 heterocycles. The summed E-state index contributed by atoms with van der Waals surface area (Å²) >= 11 is 9.37. The van der Waals surface area contributed by atoms with Crippen LogP contribution in [0.2, 0.25) is 5.02 Å². The van der Waals surface area contributed by atoms with Crippen LogP contribution >= 0.6 is 27.5 Å². The number of rotatable bonds is 6. The van der Waals surface area contributed by atoms with Gasteiger partial charge in [0.05, 0.1) is 11.3 Å². The highest BCUT2D eigenvalue weighted by molar-refractivity contribution is 9.10. The lowest BCUT2D eigenvalue weighted by Crippen LogP contribution is -2.32. The van der Waals surface area contributed by atoms with Crippen LogP contribution in [-0.2, 0) is 10.2 Å². The van der Waals surface area contributed by atoms with E-state index in [1.54, 1.807) is 31.2 Å². The molecule has 7 nitrogen and oxygen atoms in total. The Bertz CT molecular complexity index is 1320. The topological polar surface area (TPSA) is 105 Å². The minimum atomic E-state index is -4.38. The quantitative estimate of drug-likeness (QED) is 0.254. The maximum absolute atomic E-state index is 12.9. The molecule has 35 heavy (non-hydrogen) atoms. The Morgan fingerprint density at radius 1 is 1.23 bits per heavy atom. The van der Waals surface area contributed by atoms with Crippen molar-refractivity contribution < 1.29 is 18.0 Å². The van der Waals surface area contributed by atoms with E-state index in [2.05, 4.69) is 41.7 Å². The van der Waals surface area contributed by atoms with E-state index >= 15 is 0 Å². The van der Waals surface area contributed by atoms with Gasteiger partial charge in [0.2, 0.25) is 11.9 Å². The molecule has 182 valence electrons. The molecule has 2 aromatic carbocycles. The summed E-state index contributed by atoms with van der Waals surface area (Å²) in [4.78, 5) is 21.4. The molecule has 3 aromatic rings. The van der Waals surface area contributed by atoms with Crippen LogP contribution in [-0.4, -0.2) is 27.8 Å². The van der Waals surface area contributed by atoms with Crippen molar-refractivity contribution in [3.63, 3.8) is 0 Å². The lowest BCUT2D eigenvalue weighted by atomic mass is 9.78. The van der Waals surface area contributed by atoms with E-state index in [0.29, 0.717) is 26.2 Å². The number of nitrogen functional groups attached to an aromatic ring is 1. The van der Waals surface area contributed by atoms with Gasteiger partial charge < -0.3 is 11.1 Å². The summed E-state index contributed by atoms with van der Waals surface area (Å²) in [5.41, 5.74) is 9.29. The normalized spacial score (nSPS) is 17.8. The maximum atomic E-state index is 12.9. The number of aromatic nitrogens is 2. The predicted molar refractivity (Wildman–Crippen MR) is 133 cm³/mol. The smallest absolute Gasteiger partial charge is 0.383 e. The number of anilines is 3. The molecule has 1 aliphatic heterocycles. The number of nitrogens with one attached hydrogen (secondary N) is 2. The predicted octanol–water partition coefficient (Wildman–Crippen LogP) is 5.89. The second-order valence-electron chi connectivity index (χ2n) is 8.01. The first kappa shape index (κ1) is 24.9. The van der Waals surface area contributed by atoms with Crippen molar-refractivity contribution in [2.45, 2.75) is 31.4 Å². The molecule has 0 fully saturated rings. The standard InChI is InChI=1S/C23H19BrClF3N6O/c1-22(12-5-3-2-4-6-12)17-18(29)30-21(32-19(17)31-20(22)35)34-33-16(9-10-23(26,27)28)14-11-13(25)7-8-15(14)24/h2-8,11H,9-10H2,1H3,(H4,29,30,31,32,34,35)/b33-16+. The van der Waals surface area contributed by atoms with Crippen molar-refractivity contribution in [2.75, 3.05) is 16.5 Å². The number of nitrogens with two attached hydrogens (primary N) is 1. The number of hydrogen-bond acceptors (Lipinski definition) is 6. The zero-order valence-electron chi connectivity index (χ0n) is 18.3. The van der Waals surface area contributed by atoms with E-state index in [4.69, 9.17) is 17.3 Å². The lowest BCUT2D eigenvalue weighted by molar-refractivity contribution is -0.132. The third kappa shape index (κ3) is 5.10. The van der Waals surface area contributed by atoms with Crippen molar-refractivity contribution in [3.8, 4) is 0 Å². The third-order valence-electron chi connectivity index (χ3n) is 5.65. The molecule has 1 unspecified atom stereocenters. The fourth-order valence-corrected chi connectivity index (χ4v) is 4.50. The number of benzene rings is 2. The summed E-state index contributed by atoms with van der Waals surface area (Å²) in [6.07, 6.45) is -5.89. The number of halogens is 5. The SMILES string of the molecule is CC1(c2ccccc2)C(=O)Nc2nc(N/N=C(\CCC(F)(F)F)c3cc(Cl)ccc3Br)nc(N)c21. The Labute approximate surface area is 212 Å². The van der Waals surface area contributed by atoms with Crippen LogP contribution in [0.15, 0.2) is 58.1 Å². The van der Waals surface area contributed by atoms with Crippen molar-refractivity contribution in [1.82, 2.24) is 9.97 Å². The molecule has 0 radical (unpaired) electrons. The van der Waals surface area contributed by atoms with E-state index in [-0.39, 0.29) is 29.2 Å². The minimum Gasteiger partial charge on any atom is -0.383 e. The van der Waals surface area contributed by atoms with E-state index in [1.165, 1.54) is 6.07 Å². The lowest BCUT2D eigenvalue weighted by Gasteiger charge is -2.23. The first-order valence-electron chi connectivity index (χ1n) is 10.4. The first-order chi connectivity index (χ1) is 16.5. The van der Waals surface area contributed by atoms with Gasteiger partial charge in [-0.2, -0.15) is 28.2 Å². The monoisotopic (exact) mass is 566 g/mol. The van der Waals surface area contributed by atoms with Crippen LogP contribution in [0.25, 0.3) is 0 Å². The maximum Gasteiger partial charge on any atom is 0.389 e. The molecule has 0 saturated heterocycles. The Morgan fingerprint density at radius 3 is 2.63 bits per heavy atom. The van der Waals surface area contributed by atoms with Gasteiger partial charge in [0, 0.05) is 27.9 Å². The van der Waals surface area contributed by atoms with Crippen molar-refractivity contribution in [1.29, 1.82) is 0 Å². The van der Waals surface area contributed by atoms with Gasteiger partial charge in [0.15, 0.2) is 0 Å². The first-order valence-corrected chi connectivity index (χ1v) is 11.6. The average Bonchev–Trinajstić information content (AvgIpc) is 3.06. The fraction of sp³-hybridized carbons (Fsp3) is 0.217. The molecule has 0 spiro atoms. The zero-order valence-corrected chi connectivity index (χ0v) is 20.6. The van der Waals surface area contributed by atoms with Gasteiger partial charge in [-0.25, -0.2) is 5.43 Å². The van der Waals surface area contributed by atoms with Crippen LogP contribution in [0.3, 0.4) is 0 Å². The molecular weight excluding hydrogens is 549 g/mol. The fourth-order valence-electron chi connectivity index (χ4n) is 3.85. The molecule has 12 heteroatoms. The van der Waals surface area contributed by atoms with Crippen molar-refractivity contribution >= 4 is 56.7 Å². The number of hydrazone groups is 1. The van der Waals surface area contributed by atoms with Gasteiger partial charge in [0.25, 0.3) is 0 Å². The molecule has 4 N–H and O–H groups in total. The van der Waals surface area contributed by atoms with Crippen molar-refractivity contribution in [2.24, 2.45) is 5.10 Å². The summed E-state index contributed by atoms with van der Waals surface area (Å²) in [5.74, 6) is -0.166. The molecule has 0 bridgehead atoms. The average molecular weight is 568 g/mol. The molecular formula is C23H19BrClF3N6O. The number of hydrogen-bond donors (Lipinski definition) is 3. The molecule has 1 aromatic heterocycles. The number of nitrogens with zero attached hydrogens (tertiary/aromatic N) is 3. The van der Waals surface area contributed by atoms with Gasteiger partial charge >= 0.3 is 6.18 Å². The summed E-state index contributed by atoms with van der Waals surface area (Å²) in [5, 5.41) is 7.19. The van der Waals surface area contributed by atoms with E-state index in [0.717, 1.165) is 0 Å². The number of fused-ring (bicyclic) bond motifs is 1. The van der Waals surface area contributed by atoms with Crippen LogP contribution in [0.1, 0.15) is 36.5 Å². The van der Waals surface area contributed by atoms with Crippen LogP contribution in [0.5, 0.6) is 0 Å². The van der Waals surface area contributed by atoms with E-state index in [9.17, 15) is 18.0 Å². The van der Waals surface area contributed by atoms with Gasteiger partial charge in [-0.15, -0.1) is 0 Å². The Balaban J connectivity index is 1.70. The van der Waals surface area contributed by atoms with Gasteiger partial charge in [-0.05, 0) is 30.7 Å². The van der Waals surface area contributed by atoms with Crippen molar-refractivity contribution in [3.05, 3.63) is 74.7 Å². The highest BCUT2D eigenvalue weighted by atomic mass is 79.9. The number of carbonyl (C=O) groups excluding carboxylic acids is 1. The second kappa shape index (κ2) is 9.46. The van der Waals surface area contributed by atoms with Crippen LogP contribution in [0, 0.1) is 0 Å². The van der Waals surface area contributed by atoms with E-state index < -0.39 is 24.4 Å². The molecule has 1 atom stereocenters. The Hall–Kier alpha value is -3.18. The summed E-state index contributed by atoms with van der Waals surface area (Å²) < 4.78 is 39.3. The largest absolute Gasteiger partial charge is 0.389 e. The summed E-state index contributed by atoms with van der Waals surface area (Å²) in [6.45, 7) is 1.72. The Morgan fingerprint density at radius 2 is 1.94 bits per heavy atom. The molecule has 1 amide bonds.